The van der Waals surface area contributed by atoms with Crippen molar-refractivity contribution in [1.82, 2.24) is 0 Å². The molecule has 0 spiro atoms. The Bertz CT molecular complexity index is 611. The lowest BCUT2D eigenvalue weighted by atomic mass is 10.1. The van der Waals surface area contributed by atoms with Crippen LogP contribution in [0.4, 0.5) is 0 Å². The van der Waals surface area contributed by atoms with E-state index in [0.717, 1.165) is 16.9 Å². The summed E-state index contributed by atoms with van der Waals surface area (Å²) in [7, 11) is 0. The topological polar surface area (TPSA) is 59.1 Å². The van der Waals surface area contributed by atoms with Crippen LogP contribution in [-0.4, -0.2) is 5.84 Å². The van der Waals surface area contributed by atoms with Gasteiger partial charge in [0.1, 0.15) is 18.2 Å². The maximum absolute atomic E-state index is 7.41. The van der Waals surface area contributed by atoms with Crippen molar-refractivity contribution in [2.24, 2.45) is 5.73 Å². The van der Waals surface area contributed by atoms with E-state index in [9.17, 15) is 0 Å². The fourth-order valence-electron chi connectivity index (χ4n) is 1.72. The first-order valence-corrected chi connectivity index (χ1v) is 6.26. The maximum Gasteiger partial charge on any atom is 0.124 e. The fourth-order valence-corrected chi connectivity index (χ4v) is 1.88. The van der Waals surface area contributed by atoms with Crippen LogP contribution in [0.25, 0.3) is 0 Å². The van der Waals surface area contributed by atoms with Crippen molar-refractivity contribution in [3.8, 4) is 5.75 Å². The molecule has 2 aromatic rings. The van der Waals surface area contributed by atoms with Gasteiger partial charge in [-0.2, -0.15) is 0 Å². The number of hydrogen-bond donors (Lipinski definition) is 2. The first kappa shape index (κ1) is 13.4. The molecule has 98 valence electrons. The lowest BCUT2D eigenvalue weighted by molar-refractivity contribution is 0.304. The molecule has 4 heteroatoms. The van der Waals surface area contributed by atoms with Crippen molar-refractivity contribution < 1.29 is 4.74 Å². The molecule has 19 heavy (non-hydrogen) atoms. The number of amidine groups is 1. The molecule has 0 saturated carbocycles. The minimum absolute atomic E-state index is 0.0563. The Morgan fingerprint density at radius 2 is 2.05 bits per heavy atom. The predicted octanol–water partition coefficient (Wildman–Crippen LogP) is 3.51. The Balaban J connectivity index is 2.12. The second-order valence-electron chi connectivity index (χ2n) is 4.31. The van der Waals surface area contributed by atoms with E-state index in [0.29, 0.717) is 17.2 Å². The molecule has 0 aliphatic carbocycles. The molecule has 0 radical (unpaired) electrons. The third-order valence-electron chi connectivity index (χ3n) is 2.78. The van der Waals surface area contributed by atoms with Crippen molar-refractivity contribution in [3.63, 3.8) is 0 Å². The minimum Gasteiger partial charge on any atom is -0.489 e. The molecule has 0 unspecified atom stereocenters. The number of nitrogens with two attached hydrogens (primary N) is 1. The predicted molar refractivity (Wildman–Crippen MR) is 78.0 cm³/mol. The lowest BCUT2D eigenvalue weighted by Gasteiger charge is -2.10. The average Bonchev–Trinajstić information content (AvgIpc) is 2.40. The van der Waals surface area contributed by atoms with Crippen molar-refractivity contribution in [2.75, 3.05) is 0 Å². The third kappa shape index (κ3) is 3.48. The fraction of sp³-hybridized carbons (Fsp3) is 0.133. The molecule has 0 heterocycles. The normalized spacial score (nSPS) is 10.2. The highest BCUT2D eigenvalue weighted by Gasteiger charge is 2.03. The van der Waals surface area contributed by atoms with Crippen LogP contribution in [0.2, 0.25) is 5.02 Å². The Hall–Kier alpha value is -2.00. The summed E-state index contributed by atoms with van der Waals surface area (Å²) < 4.78 is 5.74. The van der Waals surface area contributed by atoms with Gasteiger partial charge < -0.3 is 10.5 Å². The average molecular weight is 275 g/mol. The van der Waals surface area contributed by atoms with E-state index in [1.807, 2.05) is 37.3 Å². The minimum atomic E-state index is 0.0563. The van der Waals surface area contributed by atoms with Gasteiger partial charge in [0.15, 0.2) is 0 Å². The monoisotopic (exact) mass is 274 g/mol. The van der Waals surface area contributed by atoms with Crippen molar-refractivity contribution in [1.29, 1.82) is 5.41 Å². The number of nitrogens with one attached hydrogen (secondary N) is 1. The molecule has 0 bridgehead atoms. The van der Waals surface area contributed by atoms with E-state index in [1.54, 1.807) is 12.1 Å². The molecule has 0 amide bonds. The molecular weight excluding hydrogens is 260 g/mol. The summed E-state index contributed by atoms with van der Waals surface area (Å²) in [5.74, 6) is 0.821. The molecule has 0 saturated heterocycles. The van der Waals surface area contributed by atoms with Crippen LogP contribution in [0.1, 0.15) is 16.7 Å². The molecule has 2 rings (SSSR count). The molecule has 3 N–H and O–H groups in total. The first-order valence-electron chi connectivity index (χ1n) is 5.88. The van der Waals surface area contributed by atoms with E-state index >= 15 is 0 Å². The number of nitrogen functional groups attached to an aromatic ring is 1. The molecule has 0 aliphatic heterocycles. The van der Waals surface area contributed by atoms with Crippen molar-refractivity contribution in [3.05, 3.63) is 64.2 Å². The molecule has 0 aromatic heterocycles. The van der Waals surface area contributed by atoms with Gasteiger partial charge >= 0.3 is 0 Å². The molecule has 3 nitrogen and oxygen atoms in total. The van der Waals surface area contributed by atoms with Crippen LogP contribution in [0, 0.1) is 12.3 Å². The Labute approximate surface area is 117 Å². The maximum atomic E-state index is 7.41. The smallest absolute Gasteiger partial charge is 0.124 e. The molecule has 0 fully saturated rings. The highest BCUT2D eigenvalue weighted by Crippen LogP contribution is 2.23. The van der Waals surface area contributed by atoms with Crippen molar-refractivity contribution >= 4 is 17.4 Å². The second kappa shape index (κ2) is 5.76. The van der Waals surface area contributed by atoms with Gasteiger partial charge in [0, 0.05) is 10.6 Å². The van der Waals surface area contributed by atoms with E-state index in [1.165, 1.54) is 0 Å². The highest BCUT2D eigenvalue weighted by molar-refractivity contribution is 6.30. The number of hydrogen-bond acceptors (Lipinski definition) is 2. The molecule has 0 atom stereocenters. The lowest BCUT2D eigenvalue weighted by Crippen LogP contribution is -2.11. The largest absolute Gasteiger partial charge is 0.489 e. The van der Waals surface area contributed by atoms with Gasteiger partial charge in [-0.25, -0.2) is 0 Å². The standard InChI is InChI=1S/C15H15ClN2O/c1-10-5-6-13(16)8-14(10)19-9-11-3-2-4-12(7-11)15(17)18/h2-8H,9H2,1H3,(H3,17,18). The van der Waals surface area contributed by atoms with Gasteiger partial charge in [0.05, 0.1) is 0 Å². The quantitative estimate of drug-likeness (QED) is 0.662. The summed E-state index contributed by atoms with van der Waals surface area (Å²) >= 11 is 5.94. The highest BCUT2D eigenvalue weighted by atomic mass is 35.5. The van der Waals surface area contributed by atoms with Gasteiger partial charge in [-0.3, -0.25) is 5.41 Å². The van der Waals surface area contributed by atoms with E-state index in [2.05, 4.69) is 0 Å². The summed E-state index contributed by atoms with van der Waals surface area (Å²) in [5.41, 5.74) is 8.16. The van der Waals surface area contributed by atoms with Gasteiger partial charge in [-0.05, 0) is 36.2 Å². The van der Waals surface area contributed by atoms with Crippen LogP contribution < -0.4 is 10.5 Å². The zero-order valence-corrected chi connectivity index (χ0v) is 11.4. The number of rotatable bonds is 4. The molecule has 0 aliphatic rings. The van der Waals surface area contributed by atoms with Gasteiger partial charge in [-0.15, -0.1) is 0 Å². The van der Waals surface area contributed by atoms with Gasteiger partial charge in [0.25, 0.3) is 0 Å². The Morgan fingerprint density at radius 3 is 2.79 bits per heavy atom. The SMILES string of the molecule is Cc1ccc(Cl)cc1OCc1cccc(C(=N)N)c1. The van der Waals surface area contributed by atoms with E-state index in [4.69, 9.17) is 27.5 Å². The van der Waals surface area contributed by atoms with Crippen LogP contribution in [-0.2, 0) is 6.61 Å². The number of aryl methyl sites for hydroxylation is 1. The second-order valence-corrected chi connectivity index (χ2v) is 4.75. The Morgan fingerprint density at radius 1 is 1.26 bits per heavy atom. The van der Waals surface area contributed by atoms with E-state index in [-0.39, 0.29) is 5.84 Å². The van der Waals surface area contributed by atoms with Gasteiger partial charge in [0.2, 0.25) is 0 Å². The van der Waals surface area contributed by atoms with Gasteiger partial charge in [-0.1, -0.05) is 35.9 Å². The summed E-state index contributed by atoms with van der Waals surface area (Å²) in [6.45, 7) is 2.39. The summed E-state index contributed by atoms with van der Waals surface area (Å²) in [6, 6.07) is 13.0. The number of halogens is 1. The molecule has 2 aromatic carbocycles. The summed E-state index contributed by atoms with van der Waals surface area (Å²) in [4.78, 5) is 0. The van der Waals surface area contributed by atoms with Crippen LogP contribution in [0.3, 0.4) is 0 Å². The van der Waals surface area contributed by atoms with Crippen molar-refractivity contribution in [2.45, 2.75) is 13.5 Å². The Kier molecular flexibility index (Phi) is 4.07. The summed E-state index contributed by atoms with van der Waals surface area (Å²) in [5, 5.41) is 8.06. The summed E-state index contributed by atoms with van der Waals surface area (Å²) in [6.07, 6.45) is 0. The van der Waals surface area contributed by atoms with Crippen LogP contribution in [0.15, 0.2) is 42.5 Å². The zero-order valence-electron chi connectivity index (χ0n) is 10.6. The molecular formula is C15H15ClN2O. The van der Waals surface area contributed by atoms with Crippen LogP contribution >= 0.6 is 11.6 Å². The van der Waals surface area contributed by atoms with Crippen LogP contribution in [0.5, 0.6) is 5.75 Å². The van der Waals surface area contributed by atoms with E-state index < -0.39 is 0 Å². The first-order chi connectivity index (χ1) is 9.06. The third-order valence-corrected chi connectivity index (χ3v) is 3.02. The number of ether oxygens (including phenoxy) is 1. The number of benzene rings is 2. The zero-order chi connectivity index (χ0) is 13.8.